The van der Waals surface area contributed by atoms with E-state index in [4.69, 9.17) is 11.6 Å². The van der Waals surface area contributed by atoms with Crippen LogP contribution in [0, 0.1) is 0 Å². The van der Waals surface area contributed by atoms with Gasteiger partial charge in [-0.2, -0.15) is 5.10 Å². The highest BCUT2D eigenvalue weighted by Crippen LogP contribution is 2.30. The fourth-order valence-electron chi connectivity index (χ4n) is 3.90. The van der Waals surface area contributed by atoms with Crippen LogP contribution in [0.5, 0.6) is 5.75 Å². The van der Waals surface area contributed by atoms with Crippen LogP contribution in [0.2, 0.25) is 5.02 Å². The Balaban J connectivity index is 1.38. The lowest BCUT2D eigenvalue weighted by Crippen LogP contribution is -2.26. The van der Waals surface area contributed by atoms with Crippen molar-refractivity contribution in [2.24, 2.45) is 0 Å². The fourth-order valence-corrected chi connectivity index (χ4v) is 5.47. The first kappa shape index (κ1) is 26.0. The van der Waals surface area contributed by atoms with Gasteiger partial charge in [0.15, 0.2) is 0 Å². The topological polar surface area (TPSA) is 102 Å². The van der Waals surface area contributed by atoms with Crippen molar-refractivity contribution in [3.8, 4) is 11.4 Å². The quantitative estimate of drug-likeness (QED) is 0.298. The lowest BCUT2D eigenvalue weighted by Gasteiger charge is -2.12. The molecule has 1 amide bonds. The molecule has 1 aliphatic rings. The van der Waals surface area contributed by atoms with Gasteiger partial charge < -0.3 is 10.1 Å². The van der Waals surface area contributed by atoms with Crippen LogP contribution in [0.25, 0.3) is 16.6 Å². The Hall–Kier alpha value is -3.61. The van der Waals surface area contributed by atoms with Crippen LogP contribution in [0.15, 0.2) is 66.9 Å². The lowest BCUT2D eigenvalue weighted by molar-refractivity contribution is -0.274. The number of fused-ring (bicyclic) bond motifs is 1. The van der Waals surface area contributed by atoms with Gasteiger partial charge >= 0.3 is 6.36 Å². The first-order valence-electron chi connectivity index (χ1n) is 11.4. The third kappa shape index (κ3) is 5.77. The van der Waals surface area contributed by atoms with Crippen LogP contribution in [0.1, 0.15) is 28.8 Å². The minimum Gasteiger partial charge on any atom is -0.406 e. The van der Waals surface area contributed by atoms with Gasteiger partial charge in [-0.05, 0) is 54.8 Å². The van der Waals surface area contributed by atoms with Gasteiger partial charge in [0, 0.05) is 18.0 Å². The molecule has 1 aliphatic carbocycles. The number of rotatable bonds is 8. The summed E-state index contributed by atoms with van der Waals surface area (Å²) in [7, 11) is -3.39. The second-order valence-corrected chi connectivity index (χ2v) is 11.1. The molecular formula is C25H20ClF3N4O4S. The van der Waals surface area contributed by atoms with Gasteiger partial charge in [0.2, 0.25) is 10.0 Å². The molecule has 5 rings (SSSR count). The van der Waals surface area contributed by atoms with Crippen molar-refractivity contribution >= 4 is 44.1 Å². The first-order valence-corrected chi connectivity index (χ1v) is 13.3. The van der Waals surface area contributed by atoms with E-state index in [1.165, 1.54) is 41.2 Å². The molecule has 0 spiro atoms. The Morgan fingerprint density at radius 3 is 2.61 bits per heavy atom. The number of sulfonamides is 1. The van der Waals surface area contributed by atoms with E-state index in [1.807, 2.05) is 0 Å². The van der Waals surface area contributed by atoms with Crippen LogP contribution in [0.4, 0.5) is 18.9 Å². The molecule has 0 unspecified atom stereocenters. The van der Waals surface area contributed by atoms with Crippen molar-refractivity contribution in [3.05, 3.63) is 83.0 Å². The summed E-state index contributed by atoms with van der Waals surface area (Å²) in [5.41, 5.74) is 1.97. The van der Waals surface area contributed by atoms with Gasteiger partial charge in [-0.1, -0.05) is 29.8 Å². The Kier molecular flexibility index (Phi) is 6.80. The number of ether oxygens (including phenoxy) is 1. The van der Waals surface area contributed by atoms with Crippen molar-refractivity contribution in [2.45, 2.75) is 31.0 Å². The molecule has 4 aromatic rings. The normalized spacial score (nSPS) is 14.0. The molecule has 38 heavy (non-hydrogen) atoms. The van der Waals surface area contributed by atoms with Crippen molar-refractivity contribution in [1.82, 2.24) is 14.5 Å². The average molecular weight is 565 g/mol. The third-order valence-electron chi connectivity index (χ3n) is 5.87. The molecule has 3 aromatic carbocycles. The fraction of sp³-hybridized carbons (Fsp3) is 0.200. The number of nitrogens with zero attached hydrogens (tertiary/aromatic N) is 2. The van der Waals surface area contributed by atoms with Crippen LogP contribution in [-0.2, 0) is 16.6 Å². The highest BCUT2D eigenvalue weighted by atomic mass is 35.5. The number of alkyl halides is 3. The summed E-state index contributed by atoms with van der Waals surface area (Å²) in [6.07, 6.45) is -2.08. The van der Waals surface area contributed by atoms with Crippen LogP contribution >= 0.6 is 11.6 Å². The van der Waals surface area contributed by atoms with E-state index in [0.29, 0.717) is 40.7 Å². The SMILES string of the molecule is O=C(Nc1cccc2c1cnn2-c1cccc(OC(F)(F)F)c1)c1cc(CNS(=O)(=O)C2CC2)ccc1Cl. The Labute approximate surface area is 220 Å². The Bertz CT molecular complexity index is 1640. The summed E-state index contributed by atoms with van der Waals surface area (Å²) in [4.78, 5) is 13.1. The zero-order valence-electron chi connectivity index (χ0n) is 19.5. The maximum Gasteiger partial charge on any atom is 0.573 e. The molecule has 1 saturated carbocycles. The molecule has 13 heteroatoms. The van der Waals surface area contributed by atoms with E-state index >= 15 is 0 Å². The van der Waals surface area contributed by atoms with Crippen LogP contribution < -0.4 is 14.8 Å². The summed E-state index contributed by atoms with van der Waals surface area (Å²) >= 11 is 6.26. The van der Waals surface area contributed by atoms with Gasteiger partial charge in [-0.3, -0.25) is 4.79 Å². The zero-order valence-corrected chi connectivity index (χ0v) is 21.1. The number of hydrogen-bond donors (Lipinski definition) is 2. The molecule has 0 saturated heterocycles. The molecule has 0 bridgehead atoms. The Morgan fingerprint density at radius 1 is 1.11 bits per heavy atom. The summed E-state index contributed by atoms with van der Waals surface area (Å²) < 4.78 is 70.1. The van der Waals surface area contributed by atoms with Gasteiger partial charge in [0.1, 0.15) is 5.75 Å². The minimum atomic E-state index is -4.83. The van der Waals surface area contributed by atoms with E-state index < -0.39 is 28.0 Å². The van der Waals surface area contributed by atoms with Crippen molar-refractivity contribution in [3.63, 3.8) is 0 Å². The van der Waals surface area contributed by atoms with Crippen molar-refractivity contribution < 1.29 is 31.1 Å². The molecule has 1 aromatic heterocycles. The summed E-state index contributed by atoms with van der Waals surface area (Å²) in [6, 6.07) is 15.1. The predicted octanol–water partition coefficient (Wildman–Crippen LogP) is 5.41. The number of halogens is 4. The molecule has 1 heterocycles. The minimum absolute atomic E-state index is 0.0236. The zero-order chi connectivity index (χ0) is 27.1. The van der Waals surface area contributed by atoms with E-state index in [9.17, 15) is 26.4 Å². The smallest absolute Gasteiger partial charge is 0.406 e. The van der Waals surface area contributed by atoms with Gasteiger partial charge in [0.05, 0.1) is 38.9 Å². The second kappa shape index (κ2) is 9.93. The standard InChI is InChI=1S/C25H20ClF3N4O4S/c26-21-10-7-15(13-31-38(35,36)18-8-9-18)11-19(21)24(34)32-22-5-2-6-23-20(22)14-30-33(23)16-3-1-4-17(12-16)37-25(27,28)29/h1-7,10-12,14,18,31H,8-9,13H2,(H,32,34). The molecular weight excluding hydrogens is 545 g/mol. The number of hydrogen-bond acceptors (Lipinski definition) is 5. The van der Waals surface area contributed by atoms with Gasteiger partial charge in [-0.15, -0.1) is 13.2 Å². The molecule has 2 N–H and O–H groups in total. The number of amides is 1. The van der Waals surface area contributed by atoms with Gasteiger partial charge in [0.25, 0.3) is 5.91 Å². The number of aromatic nitrogens is 2. The van der Waals surface area contributed by atoms with Crippen LogP contribution in [0.3, 0.4) is 0 Å². The average Bonchev–Trinajstić information content (AvgIpc) is 3.63. The van der Waals surface area contributed by atoms with Crippen LogP contribution in [-0.4, -0.2) is 35.7 Å². The van der Waals surface area contributed by atoms with Crippen molar-refractivity contribution in [2.75, 3.05) is 5.32 Å². The molecule has 8 nitrogen and oxygen atoms in total. The Morgan fingerprint density at radius 2 is 1.87 bits per heavy atom. The van der Waals surface area contributed by atoms with Gasteiger partial charge in [-0.25, -0.2) is 17.8 Å². The summed E-state index contributed by atoms with van der Waals surface area (Å²) in [5, 5.41) is 7.42. The maximum absolute atomic E-state index is 13.1. The van der Waals surface area contributed by atoms with E-state index in [-0.39, 0.29) is 22.4 Å². The number of anilines is 1. The highest BCUT2D eigenvalue weighted by molar-refractivity contribution is 7.90. The number of nitrogens with one attached hydrogen (secondary N) is 2. The molecule has 0 aliphatic heterocycles. The number of carbonyl (C=O) groups is 1. The van der Waals surface area contributed by atoms with E-state index in [2.05, 4.69) is 19.9 Å². The van der Waals surface area contributed by atoms with Crippen molar-refractivity contribution in [1.29, 1.82) is 0 Å². The lowest BCUT2D eigenvalue weighted by atomic mass is 10.1. The summed E-state index contributed by atoms with van der Waals surface area (Å²) in [5.74, 6) is -0.917. The predicted molar refractivity (Wildman–Crippen MR) is 136 cm³/mol. The largest absolute Gasteiger partial charge is 0.573 e. The molecule has 1 fully saturated rings. The number of carbonyl (C=O) groups excluding carboxylic acids is 1. The first-order chi connectivity index (χ1) is 18.0. The highest BCUT2D eigenvalue weighted by Gasteiger charge is 2.35. The van der Waals surface area contributed by atoms with E-state index in [0.717, 1.165) is 0 Å². The third-order valence-corrected chi connectivity index (χ3v) is 8.10. The second-order valence-electron chi connectivity index (χ2n) is 8.67. The van der Waals surface area contributed by atoms with E-state index in [1.54, 1.807) is 30.3 Å². The number of benzene rings is 3. The molecule has 0 atom stereocenters. The maximum atomic E-state index is 13.1. The molecule has 0 radical (unpaired) electrons. The monoisotopic (exact) mass is 564 g/mol. The summed E-state index contributed by atoms with van der Waals surface area (Å²) in [6.45, 7) is 0.0236. The molecule has 198 valence electrons.